The Morgan fingerprint density at radius 1 is 1.50 bits per heavy atom. The predicted molar refractivity (Wildman–Crippen MR) is 72.5 cm³/mol. The van der Waals surface area contributed by atoms with Crippen molar-refractivity contribution in [2.75, 3.05) is 19.8 Å². The summed E-state index contributed by atoms with van der Waals surface area (Å²) in [4.78, 5) is 0. The van der Waals surface area contributed by atoms with Gasteiger partial charge in [0.05, 0.1) is 11.4 Å². The van der Waals surface area contributed by atoms with Crippen LogP contribution in [0.4, 0.5) is 0 Å². The van der Waals surface area contributed by atoms with Crippen molar-refractivity contribution in [1.29, 1.82) is 0 Å². The number of aryl methyl sites for hydroxylation is 2. The van der Waals surface area contributed by atoms with E-state index in [1.807, 2.05) is 11.7 Å². The summed E-state index contributed by atoms with van der Waals surface area (Å²) >= 11 is 0. The van der Waals surface area contributed by atoms with E-state index in [0.717, 1.165) is 31.4 Å². The fourth-order valence-electron chi connectivity index (χ4n) is 2.83. The second-order valence-electron chi connectivity index (χ2n) is 5.24. The van der Waals surface area contributed by atoms with Gasteiger partial charge in [-0.3, -0.25) is 4.68 Å². The fraction of sp³-hybridized carbons (Fsp3) is 0.786. The third-order valence-corrected chi connectivity index (χ3v) is 3.76. The highest BCUT2D eigenvalue weighted by Gasteiger charge is 2.22. The average molecular weight is 251 g/mol. The molecule has 102 valence electrons. The van der Waals surface area contributed by atoms with E-state index in [0.29, 0.717) is 6.04 Å². The van der Waals surface area contributed by atoms with E-state index in [1.165, 1.54) is 25.0 Å². The molecule has 1 aromatic rings. The summed E-state index contributed by atoms with van der Waals surface area (Å²) in [5, 5.41) is 8.06. The summed E-state index contributed by atoms with van der Waals surface area (Å²) in [5.41, 5.74) is 2.41. The Balaban J connectivity index is 2.04. The van der Waals surface area contributed by atoms with Gasteiger partial charge in [-0.25, -0.2) is 0 Å². The molecule has 0 aromatic carbocycles. The quantitative estimate of drug-likeness (QED) is 0.872. The highest BCUT2D eigenvalue weighted by molar-refractivity contribution is 5.13. The van der Waals surface area contributed by atoms with Crippen LogP contribution in [0.25, 0.3) is 0 Å². The molecule has 1 aliphatic rings. The van der Waals surface area contributed by atoms with Crippen LogP contribution < -0.4 is 5.32 Å². The summed E-state index contributed by atoms with van der Waals surface area (Å²) in [6, 6.07) is 2.62. The van der Waals surface area contributed by atoms with Crippen LogP contribution in [0.3, 0.4) is 0 Å². The normalized spacial score (nSPS) is 19.1. The van der Waals surface area contributed by atoms with Gasteiger partial charge in [0.2, 0.25) is 0 Å². The summed E-state index contributed by atoms with van der Waals surface area (Å²) in [5.74, 6) is 0.776. The molecular formula is C14H25N3O. The Hall–Kier alpha value is -0.870. The monoisotopic (exact) mass is 251 g/mol. The molecule has 0 radical (unpaired) electrons. The van der Waals surface area contributed by atoms with Gasteiger partial charge in [0, 0.05) is 26.3 Å². The van der Waals surface area contributed by atoms with E-state index in [2.05, 4.69) is 30.3 Å². The summed E-state index contributed by atoms with van der Waals surface area (Å²) in [6.07, 6.45) is 3.58. The minimum Gasteiger partial charge on any atom is -0.381 e. The molecule has 2 rings (SSSR count). The lowest BCUT2D eigenvalue weighted by molar-refractivity contribution is 0.0603. The fourth-order valence-corrected chi connectivity index (χ4v) is 2.83. The smallest absolute Gasteiger partial charge is 0.0597 e. The van der Waals surface area contributed by atoms with Crippen LogP contribution in [0.2, 0.25) is 0 Å². The van der Waals surface area contributed by atoms with Crippen molar-refractivity contribution in [2.24, 2.45) is 13.0 Å². The Labute approximate surface area is 110 Å². The van der Waals surface area contributed by atoms with E-state index in [1.54, 1.807) is 0 Å². The van der Waals surface area contributed by atoms with Crippen LogP contribution in [0.15, 0.2) is 6.07 Å². The summed E-state index contributed by atoms with van der Waals surface area (Å²) in [6.45, 7) is 7.07. The van der Waals surface area contributed by atoms with Crippen LogP contribution in [0, 0.1) is 12.8 Å². The molecule has 0 saturated carbocycles. The molecular weight excluding hydrogens is 226 g/mol. The van der Waals surface area contributed by atoms with Gasteiger partial charge < -0.3 is 10.1 Å². The zero-order valence-electron chi connectivity index (χ0n) is 11.8. The zero-order chi connectivity index (χ0) is 13.0. The highest BCUT2D eigenvalue weighted by atomic mass is 16.5. The lowest BCUT2D eigenvalue weighted by Gasteiger charge is -2.27. The molecule has 1 aromatic heterocycles. The van der Waals surface area contributed by atoms with E-state index < -0.39 is 0 Å². The van der Waals surface area contributed by atoms with Crippen molar-refractivity contribution < 1.29 is 4.74 Å². The number of ether oxygens (including phenoxy) is 1. The maximum Gasteiger partial charge on any atom is 0.0597 e. The molecule has 0 spiro atoms. The first kappa shape index (κ1) is 13.6. The maximum absolute atomic E-state index is 5.44. The van der Waals surface area contributed by atoms with Crippen LogP contribution in [-0.4, -0.2) is 29.5 Å². The first-order valence-corrected chi connectivity index (χ1v) is 7.02. The molecule has 4 heteroatoms. The van der Waals surface area contributed by atoms with Crippen molar-refractivity contribution in [1.82, 2.24) is 15.1 Å². The molecule has 1 fully saturated rings. The van der Waals surface area contributed by atoms with Gasteiger partial charge in [0.1, 0.15) is 0 Å². The van der Waals surface area contributed by atoms with Gasteiger partial charge in [-0.05, 0) is 44.7 Å². The Morgan fingerprint density at radius 3 is 2.78 bits per heavy atom. The molecule has 18 heavy (non-hydrogen) atoms. The summed E-state index contributed by atoms with van der Waals surface area (Å²) in [7, 11) is 2.04. The van der Waals surface area contributed by atoms with Crippen molar-refractivity contribution in [2.45, 2.75) is 39.2 Å². The topological polar surface area (TPSA) is 39.1 Å². The van der Waals surface area contributed by atoms with Crippen molar-refractivity contribution >= 4 is 0 Å². The third-order valence-electron chi connectivity index (χ3n) is 3.76. The standard InChI is InChI=1S/C14H25N3O/c1-4-15-13(10-12-5-7-18-8-6-12)14-9-11(2)16-17(14)3/h9,12-13,15H,4-8,10H2,1-3H3. The van der Waals surface area contributed by atoms with Gasteiger partial charge in [0.25, 0.3) is 0 Å². The van der Waals surface area contributed by atoms with E-state index in [-0.39, 0.29) is 0 Å². The highest BCUT2D eigenvalue weighted by Crippen LogP contribution is 2.27. The molecule has 0 amide bonds. The Morgan fingerprint density at radius 2 is 2.22 bits per heavy atom. The van der Waals surface area contributed by atoms with Crippen LogP contribution >= 0.6 is 0 Å². The van der Waals surface area contributed by atoms with Crippen molar-refractivity contribution in [3.8, 4) is 0 Å². The number of aromatic nitrogens is 2. The minimum atomic E-state index is 0.421. The van der Waals surface area contributed by atoms with Crippen molar-refractivity contribution in [3.05, 3.63) is 17.5 Å². The second-order valence-corrected chi connectivity index (χ2v) is 5.24. The number of nitrogens with zero attached hydrogens (tertiary/aromatic N) is 2. The molecule has 0 aliphatic carbocycles. The molecule has 2 heterocycles. The largest absolute Gasteiger partial charge is 0.381 e. The Kier molecular flexibility index (Phi) is 4.78. The molecule has 4 nitrogen and oxygen atoms in total. The number of hydrogen-bond acceptors (Lipinski definition) is 3. The Bertz CT molecular complexity index is 369. The lowest BCUT2D eigenvalue weighted by atomic mass is 9.91. The lowest BCUT2D eigenvalue weighted by Crippen LogP contribution is -2.27. The van der Waals surface area contributed by atoms with Gasteiger partial charge in [0.15, 0.2) is 0 Å². The van der Waals surface area contributed by atoms with Gasteiger partial charge >= 0.3 is 0 Å². The SMILES string of the molecule is CCNC(CC1CCOCC1)c1cc(C)nn1C. The molecule has 1 saturated heterocycles. The minimum absolute atomic E-state index is 0.421. The van der Waals surface area contributed by atoms with Crippen molar-refractivity contribution in [3.63, 3.8) is 0 Å². The first-order valence-electron chi connectivity index (χ1n) is 7.02. The van der Waals surface area contributed by atoms with Gasteiger partial charge in [-0.15, -0.1) is 0 Å². The summed E-state index contributed by atoms with van der Waals surface area (Å²) < 4.78 is 7.45. The molecule has 0 bridgehead atoms. The van der Waals surface area contributed by atoms with Gasteiger partial charge in [-0.2, -0.15) is 5.10 Å². The van der Waals surface area contributed by atoms with Gasteiger partial charge in [-0.1, -0.05) is 6.92 Å². The van der Waals surface area contributed by atoms with Crippen LogP contribution in [0.1, 0.15) is 43.6 Å². The maximum atomic E-state index is 5.44. The molecule has 1 atom stereocenters. The van der Waals surface area contributed by atoms with E-state index >= 15 is 0 Å². The van der Waals surface area contributed by atoms with E-state index in [9.17, 15) is 0 Å². The predicted octanol–water partition coefficient (Wildman–Crippen LogP) is 2.20. The zero-order valence-corrected chi connectivity index (χ0v) is 11.8. The number of nitrogens with one attached hydrogen (secondary N) is 1. The van der Waals surface area contributed by atoms with Crippen LogP contribution in [-0.2, 0) is 11.8 Å². The molecule has 1 unspecified atom stereocenters. The first-order chi connectivity index (χ1) is 8.70. The average Bonchev–Trinajstić information content (AvgIpc) is 2.69. The van der Waals surface area contributed by atoms with E-state index in [4.69, 9.17) is 4.74 Å². The molecule has 1 N–H and O–H groups in total. The van der Waals surface area contributed by atoms with Crippen LogP contribution in [0.5, 0.6) is 0 Å². The second kappa shape index (κ2) is 6.34. The number of hydrogen-bond donors (Lipinski definition) is 1. The molecule has 1 aliphatic heterocycles. The number of rotatable bonds is 5. The third kappa shape index (κ3) is 3.33.